The molecule has 1 saturated carbocycles. The second kappa shape index (κ2) is 5.76. The smallest absolute Gasteiger partial charge is 0.201 e. The zero-order valence-electron chi connectivity index (χ0n) is 13.8. The first-order valence-corrected chi connectivity index (χ1v) is 10.3. The quantitative estimate of drug-likeness (QED) is 0.542. The van der Waals surface area contributed by atoms with Crippen molar-refractivity contribution in [3.63, 3.8) is 0 Å². The Balaban J connectivity index is 2.27. The van der Waals surface area contributed by atoms with Crippen molar-refractivity contribution in [1.29, 1.82) is 0 Å². The maximum absolute atomic E-state index is 12.5. The van der Waals surface area contributed by atoms with Gasteiger partial charge in [-0.05, 0) is 29.0 Å². The highest BCUT2D eigenvalue weighted by Crippen LogP contribution is 2.46. The highest BCUT2D eigenvalue weighted by molar-refractivity contribution is 6.77. The van der Waals surface area contributed by atoms with Gasteiger partial charge in [0.25, 0.3) is 0 Å². The van der Waals surface area contributed by atoms with Gasteiger partial charge in [-0.3, -0.25) is 4.79 Å². The lowest BCUT2D eigenvalue weighted by atomic mass is 9.85. The van der Waals surface area contributed by atoms with Crippen molar-refractivity contribution in [1.82, 2.24) is 0 Å². The van der Waals surface area contributed by atoms with Gasteiger partial charge in [0, 0.05) is 12.3 Å². The Hall–Kier alpha value is -0.413. The van der Waals surface area contributed by atoms with E-state index in [1.54, 1.807) is 0 Å². The molecule has 0 heterocycles. The predicted molar refractivity (Wildman–Crippen MR) is 86.3 cm³/mol. The number of hydrogen-bond donors (Lipinski definition) is 0. The molecule has 2 rings (SSSR count). The van der Waals surface area contributed by atoms with Gasteiger partial charge in [-0.2, -0.15) is 0 Å². The first-order chi connectivity index (χ1) is 9.29. The Morgan fingerprint density at radius 3 is 2.10 bits per heavy atom. The van der Waals surface area contributed by atoms with Crippen LogP contribution in [0.3, 0.4) is 0 Å². The summed E-state index contributed by atoms with van der Waals surface area (Å²) >= 11 is 0. The minimum Gasteiger partial charge on any atom is -0.406 e. The molecule has 0 N–H and O–H groups in total. The van der Waals surface area contributed by atoms with E-state index in [9.17, 15) is 4.79 Å². The van der Waals surface area contributed by atoms with Crippen LogP contribution in [0.1, 0.15) is 54.4 Å². The lowest BCUT2D eigenvalue weighted by Gasteiger charge is -2.46. The van der Waals surface area contributed by atoms with Gasteiger partial charge in [-0.15, -0.1) is 0 Å². The zero-order valence-corrected chi connectivity index (χ0v) is 14.8. The Kier molecular flexibility index (Phi) is 4.60. The molecule has 0 amide bonds. The molecule has 0 aliphatic heterocycles. The maximum atomic E-state index is 12.5. The third-order valence-electron chi connectivity index (χ3n) is 5.41. The molecule has 0 saturated heterocycles. The summed E-state index contributed by atoms with van der Waals surface area (Å²) in [5, 5.41) is 0. The fourth-order valence-electron chi connectivity index (χ4n) is 4.58. The fourth-order valence-corrected chi connectivity index (χ4v) is 10.1. The molecule has 3 atom stereocenters. The largest absolute Gasteiger partial charge is 0.406 e. The summed E-state index contributed by atoms with van der Waals surface area (Å²) in [5.41, 5.74) is 1.62. The second-order valence-electron chi connectivity index (χ2n) is 7.57. The third kappa shape index (κ3) is 2.55. The predicted octanol–water partition coefficient (Wildman–Crippen LogP) is 4.71. The molecule has 0 aromatic carbocycles. The molecule has 2 aliphatic rings. The number of carbonyl (C=O) groups is 1. The molecule has 114 valence electrons. The van der Waals surface area contributed by atoms with E-state index < -0.39 is 8.32 Å². The van der Waals surface area contributed by atoms with E-state index in [1.165, 1.54) is 0 Å². The Morgan fingerprint density at radius 1 is 1.05 bits per heavy atom. The van der Waals surface area contributed by atoms with Gasteiger partial charge >= 0.3 is 0 Å². The van der Waals surface area contributed by atoms with E-state index in [1.807, 2.05) is 0 Å². The summed E-state index contributed by atoms with van der Waals surface area (Å²) in [6.45, 7) is 13.7. The number of fused-ring (bicyclic) bond motifs is 2. The summed E-state index contributed by atoms with van der Waals surface area (Å²) < 4.78 is 6.74. The molecule has 0 spiro atoms. The molecule has 0 radical (unpaired) electrons. The fraction of sp³-hybridized carbons (Fsp3) is 0.824. The van der Waals surface area contributed by atoms with E-state index in [-0.39, 0.29) is 6.10 Å². The lowest BCUT2D eigenvalue weighted by Crippen LogP contribution is -2.53. The Labute approximate surface area is 125 Å². The van der Waals surface area contributed by atoms with Crippen molar-refractivity contribution in [2.75, 3.05) is 0 Å². The van der Waals surface area contributed by atoms with Crippen molar-refractivity contribution in [3.05, 3.63) is 12.2 Å². The molecule has 3 heteroatoms. The molecule has 0 aromatic rings. The van der Waals surface area contributed by atoms with Crippen LogP contribution in [-0.4, -0.2) is 20.2 Å². The van der Waals surface area contributed by atoms with E-state index in [0.29, 0.717) is 40.7 Å². The summed E-state index contributed by atoms with van der Waals surface area (Å²) in [4.78, 5) is 12.5. The Bertz CT molecular complexity index is 376. The molecule has 0 aromatic heterocycles. The first-order valence-electron chi connectivity index (χ1n) is 8.17. The molecule has 20 heavy (non-hydrogen) atoms. The molecular weight excluding hydrogens is 264 g/mol. The molecular formula is C17H30O2Si. The third-order valence-corrected chi connectivity index (χ3v) is 11.5. The highest BCUT2D eigenvalue weighted by atomic mass is 28.4. The number of Topliss-reactive ketones (excluding diaryl/α,β-unsaturated/α-hetero) is 1. The van der Waals surface area contributed by atoms with Crippen LogP contribution in [-0.2, 0) is 9.22 Å². The number of ketones is 1. The monoisotopic (exact) mass is 294 g/mol. The van der Waals surface area contributed by atoms with Gasteiger partial charge < -0.3 is 4.43 Å². The molecule has 2 bridgehead atoms. The van der Waals surface area contributed by atoms with Crippen molar-refractivity contribution in [3.8, 4) is 0 Å². The van der Waals surface area contributed by atoms with E-state index in [4.69, 9.17) is 4.43 Å². The van der Waals surface area contributed by atoms with Crippen LogP contribution in [0.4, 0.5) is 0 Å². The van der Waals surface area contributed by atoms with Gasteiger partial charge in [-0.25, -0.2) is 0 Å². The topological polar surface area (TPSA) is 26.3 Å². The van der Waals surface area contributed by atoms with Crippen molar-refractivity contribution < 1.29 is 9.22 Å². The first kappa shape index (κ1) is 16.0. The molecule has 1 fully saturated rings. The lowest BCUT2D eigenvalue weighted by molar-refractivity contribution is -0.131. The summed E-state index contributed by atoms with van der Waals surface area (Å²) in [5.74, 6) is 1.17. The number of allylic oxidation sites excluding steroid dienone is 1. The number of carbonyl (C=O) groups excluding carboxylic acids is 1. The van der Waals surface area contributed by atoms with Crippen molar-refractivity contribution in [2.45, 2.75) is 77.1 Å². The van der Waals surface area contributed by atoms with Crippen LogP contribution in [0.2, 0.25) is 16.6 Å². The minimum atomic E-state index is -1.95. The van der Waals surface area contributed by atoms with Gasteiger partial charge in [0.2, 0.25) is 8.32 Å². The summed E-state index contributed by atoms with van der Waals surface area (Å²) in [7, 11) is -1.95. The molecule has 0 unspecified atom stereocenters. The van der Waals surface area contributed by atoms with Gasteiger partial charge in [0.15, 0.2) is 5.78 Å². The van der Waals surface area contributed by atoms with Crippen LogP contribution in [0, 0.1) is 11.8 Å². The standard InChI is InChI=1S/C17H30O2Si/c1-11(2)20(12(3)4,13(5)6)19-17-15-8-7-14(9-15)10-16(17)18/h7-8,11-15,17H,9-10H2,1-6H3/t14-,15+,17+/m0/s1. The van der Waals surface area contributed by atoms with Crippen LogP contribution >= 0.6 is 0 Å². The average Bonchev–Trinajstić information content (AvgIpc) is 2.71. The van der Waals surface area contributed by atoms with Gasteiger partial charge in [-0.1, -0.05) is 53.7 Å². The van der Waals surface area contributed by atoms with Gasteiger partial charge in [0.05, 0.1) is 0 Å². The SMILES string of the molecule is CC(C)[Si](O[C@H]1C(=O)C[C@H]2C=C[C@@H]1C2)(C(C)C)C(C)C. The summed E-state index contributed by atoms with van der Waals surface area (Å²) in [6.07, 6.45) is 6.12. The van der Waals surface area contributed by atoms with Crippen LogP contribution in [0.25, 0.3) is 0 Å². The van der Waals surface area contributed by atoms with Gasteiger partial charge in [0.1, 0.15) is 6.10 Å². The second-order valence-corrected chi connectivity index (χ2v) is 13.0. The van der Waals surface area contributed by atoms with Crippen molar-refractivity contribution >= 4 is 14.1 Å². The minimum absolute atomic E-state index is 0.163. The highest BCUT2D eigenvalue weighted by Gasteiger charge is 2.50. The van der Waals surface area contributed by atoms with E-state index >= 15 is 0 Å². The van der Waals surface area contributed by atoms with E-state index in [0.717, 1.165) is 6.42 Å². The normalized spacial score (nSPS) is 30.1. The zero-order chi connectivity index (χ0) is 15.1. The molecule has 2 nitrogen and oxygen atoms in total. The number of hydrogen-bond acceptors (Lipinski definition) is 2. The Morgan fingerprint density at radius 2 is 1.60 bits per heavy atom. The van der Waals surface area contributed by atoms with Crippen molar-refractivity contribution in [2.24, 2.45) is 11.8 Å². The maximum Gasteiger partial charge on any atom is 0.201 e. The van der Waals surface area contributed by atoms with Crippen LogP contribution < -0.4 is 0 Å². The summed E-state index contributed by atoms with van der Waals surface area (Å²) in [6, 6.07) is 0. The van der Waals surface area contributed by atoms with Crippen LogP contribution in [0.15, 0.2) is 12.2 Å². The van der Waals surface area contributed by atoms with Crippen LogP contribution in [0.5, 0.6) is 0 Å². The van der Waals surface area contributed by atoms with E-state index in [2.05, 4.69) is 53.7 Å². The average molecular weight is 295 g/mol. The molecule has 2 aliphatic carbocycles. The number of rotatable bonds is 5.